The second kappa shape index (κ2) is 6.73. The Morgan fingerprint density at radius 2 is 1.64 bits per heavy atom. The van der Waals surface area contributed by atoms with Gasteiger partial charge in [-0.05, 0) is 52.7 Å². The van der Waals surface area contributed by atoms with Crippen molar-refractivity contribution < 1.29 is 9.59 Å². The predicted octanol–water partition coefficient (Wildman–Crippen LogP) is 4.36. The fourth-order valence-corrected chi connectivity index (χ4v) is 2.74. The molecule has 0 aliphatic carbocycles. The zero-order valence-electron chi connectivity index (χ0n) is 13.7. The van der Waals surface area contributed by atoms with Gasteiger partial charge in [0.25, 0.3) is 11.8 Å². The molecule has 1 aliphatic rings. The van der Waals surface area contributed by atoms with Gasteiger partial charge in [-0.2, -0.15) is 0 Å². The van der Waals surface area contributed by atoms with Crippen LogP contribution in [0.5, 0.6) is 0 Å². The molecule has 1 atom stereocenters. The van der Waals surface area contributed by atoms with E-state index in [2.05, 4.69) is 19.9 Å². The summed E-state index contributed by atoms with van der Waals surface area (Å²) in [7, 11) is 0. The molecule has 0 radical (unpaired) electrons. The van der Waals surface area contributed by atoms with E-state index in [4.69, 9.17) is 0 Å². The first kappa shape index (κ1) is 16.2. The van der Waals surface area contributed by atoms with E-state index >= 15 is 0 Å². The molecule has 2 amide bonds. The lowest BCUT2D eigenvalue weighted by Crippen LogP contribution is -2.37. The van der Waals surface area contributed by atoms with Crippen LogP contribution in [0.4, 0.5) is 0 Å². The first-order valence-corrected chi connectivity index (χ1v) is 7.69. The second-order valence-electron chi connectivity index (χ2n) is 6.10. The van der Waals surface area contributed by atoms with Crippen LogP contribution in [0.3, 0.4) is 0 Å². The summed E-state index contributed by atoms with van der Waals surface area (Å²) < 4.78 is 0. The Morgan fingerprint density at radius 1 is 1.09 bits per heavy atom. The molecule has 0 aromatic heterocycles. The zero-order chi connectivity index (χ0) is 16.3. The highest BCUT2D eigenvalue weighted by Crippen LogP contribution is 2.25. The fraction of sp³-hybridized carbons (Fsp3) is 0.368. The molecule has 116 valence electrons. The summed E-state index contributed by atoms with van der Waals surface area (Å²) in [4.78, 5) is 26.2. The average Bonchev–Trinajstić information content (AvgIpc) is 2.71. The smallest absolute Gasteiger partial charge is 0.262 e. The van der Waals surface area contributed by atoms with Gasteiger partial charge in [-0.1, -0.05) is 35.4 Å². The van der Waals surface area contributed by atoms with E-state index in [9.17, 15) is 9.59 Å². The molecule has 1 aromatic carbocycles. The van der Waals surface area contributed by atoms with Crippen LogP contribution in [0, 0.1) is 0 Å². The van der Waals surface area contributed by atoms with Gasteiger partial charge in [-0.3, -0.25) is 14.5 Å². The van der Waals surface area contributed by atoms with Gasteiger partial charge in [0.05, 0.1) is 17.2 Å². The summed E-state index contributed by atoms with van der Waals surface area (Å²) in [6, 6.07) is 6.79. The van der Waals surface area contributed by atoms with Crippen LogP contribution in [0.2, 0.25) is 0 Å². The van der Waals surface area contributed by atoms with Crippen molar-refractivity contribution in [2.24, 2.45) is 0 Å². The highest BCUT2D eigenvalue weighted by atomic mass is 16.2. The summed E-state index contributed by atoms with van der Waals surface area (Å²) in [6.07, 6.45) is 6.14. The molecule has 3 nitrogen and oxygen atoms in total. The van der Waals surface area contributed by atoms with Crippen LogP contribution in [-0.2, 0) is 0 Å². The Morgan fingerprint density at radius 3 is 2.14 bits per heavy atom. The minimum atomic E-state index is -0.223. The van der Waals surface area contributed by atoms with Gasteiger partial charge >= 0.3 is 0 Å². The third kappa shape index (κ3) is 3.35. The van der Waals surface area contributed by atoms with E-state index in [1.54, 1.807) is 24.3 Å². The van der Waals surface area contributed by atoms with E-state index in [1.165, 1.54) is 16.0 Å². The van der Waals surface area contributed by atoms with Crippen LogP contribution < -0.4 is 0 Å². The van der Waals surface area contributed by atoms with Crippen LogP contribution >= 0.6 is 0 Å². The van der Waals surface area contributed by atoms with Crippen molar-refractivity contribution in [3.8, 4) is 0 Å². The third-order valence-electron chi connectivity index (χ3n) is 3.85. The first-order chi connectivity index (χ1) is 10.4. The van der Waals surface area contributed by atoms with Gasteiger partial charge in [0, 0.05) is 0 Å². The van der Waals surface area contributed by atoms with Crippen molar-refractivity contribution >= 4 is 11.8 Å². The summed E-state index contributed by atoms with van der Waals surface area (Å²) in [5.74, 6) is -0.386. The molecule has 2 rings (SSSR count). The Labute approximate surface area is 132 Å². The van der Waals surface area contributed by atoms with E-state index < -0.39 is 0 Å². The Kier molecular flexibility index (Phi) is 4.96. The molecule has 1 unspecified atom stereocenters. The van der Waals surface area contributed by atoms with Crippen LogP contribution in [0.1, 0.15) is 61.3 Å². The molecule has 0 saturated carbocycles. The number of hydrogen-bond acceptors (Lipinski definition) is 2. The highest BCUT2D eigenvalue weighted by Gasteiger charge is 2.37. The average molecular weight is 297 g/mol. The van der Waals surface area contributed by atoms with E-state index in [0.717, 1.165) is 12.8 Å². The SMILES string of the molecule is CC(C)=CCC/C(C)=C/C(C)N1C(=O)c2ccccc2C1=O. The Hall–Kier alpha value is -2.16. The lowest BCUT2D eigenvalue weighted by molar-refractivity contribution is 0.0625. The summed E-state index contributed by atoms with van der Waals surface area (Å²) in [6.45, 7) is 8.11. The van der Waals surface area contributed by atoms with Crippen molar-refractivity contribution in [1.82, 2.24) is 4.90 Å². The molecular weight excluding hydrogens is 274 g/mol. The summed E-state index contributed by atoms with van der Waals surface area (Å²) in [5.41, 5.74) is 3.52. The van der Waals surface area contributed by atoms with Gasteiger partial charge in [0.15, 0.2) is 0 Å². The number of hydrogen-bond donors (Lipinski definition) is 0. The molecular formula is C19H23NO2. The maximum atomic E-state index is 12.4. The van der Waals surface area contributed by atoms with Crippen LogP contribution in [0.25, 0.3) is 0 Å². The highest BCUT2D eigenvalue weighted by molar-refractivity contribution is 6.21. The molecule has 0 N–H and O–H groups in total. The second-order valence-corrected chi connectivity index (χ2v) is 6.10. The number of allylic oxidation sites excluding steroid dienone is 3. The molecule has 1 heterocycles. The minimum absolute atomic E-state index is 0.193. The molecule has 0 spiro atoms. The Bertz CT molecular complexity index is 616. The molecule has 0 fully saturated rings. The molecule has 1 aromatic rings. The van der Waals surface area contributed by atoms with Gasteiger partial charge in [0.1, 0.15) is 0 Å². The van der Waals surface area contributed by atoms with Crippen LogP contribution in [0.15, 0.2) is 47.6 Å². The maximum absolute atomic E-state index is 12.4. The van der Waals surface area contributed by atoms with Gasteiger partial charge < -0.3 is 0 Å². The minimum Gasteiger partial charge on any atom is -0.269 e. The normalized spacial score (nSPS) is 15.8. The van der Waals surface area contributed by atoms with E-state index in [-0.39, 0.29) is 17.9 Å². The molecule has 0 bridgehead atoms. The molecule has 3 heteroatoms. The zero-order valence-corrected chi connectivity index (χ0v) is 13.7. The molecule has 1 aliphatic heterocycles. The fourth-order valence-electron chi connectivity index (χ4n) is 2.74. The largest absolute Gasteiger partial charge is 0.269 e. The monoisotopic (exact) mass is 297 g/mol. The number of fused-ring (bicyclic) bond motifs is 1. The molecule has 22 heavy (non-hydrogen) atoms. The van der Waals surface area contributed by atoms with Crippen molar-refractivity contribution in [1.29, 1.82) is 0 Å². The number of imide groups is 1. The van der Waals surface area contributed by atoms with Gasteiger partial charge in [-0.25, -0.2) is 0 Å². The Balaban J connectivity index is 2.11. The van der Waals surface area contributed by atoms with Crippen molar-refractivity contribution in [2.45, 2.75) is 46.6 Å². The van der Waals surface area contributed by atoms with E-state index in [0.29, 0.717) is 11.1 Å². The topological polar surface area (TPSA) is 37.4 Å². The number of benzene rings is 1. The summed E-state index contributed by atoms with van der Waals surface area (Å²) >= 11 is 0. The predicted molar refractivity (Wildman–Crippen MR) is 88.8 cm³/mol. The lowest BCUT2D eigenvalue weighted by Gasteiger charge is -2.20. The summed E-state index contributed by atoms with van der Waals surface area (Å²) in [5, 5.41) is 0. The van der Waals surface area contributed by atoms with Crippen molar-refractivity contribution in [3.05, 3.63) is 58.7 Å². The van der Waals surface area contributed by atoms with Crippen LogP contribution in [-0.4, -0.2) is 22.8 Å². The molecule has 0 saturated heterocycles. The number of carbonyl (C=O) groups excluding carboxylic acids is 2. The van der Waals surface area contributed by atoms with Gasteiger partial charge in [-0.15, -0.1) is 0 Å². The third-order valence-corrected chi connectivity index (χ3v) is 3.85. The number of carbonyl (C=O) groups is 2. The standard InChI is InChI=1S/C19H23NO2/c1-13(2)8-7-9-14(3)12-15(4)20-18(21)16-10-5-6-11-17(16)19(20)22/h5-6,8,10-12,15H,7,9H2,1-4H3/b14-12+. The number of rotatable bonds is 5. The van der Waals surface area contributed by atoms with Crippen molar-refractivity contribution in [2.75, 3.05) is 0 Å². The first-order valence-electron chi connectivity index (χ1n) is 7.69. The van der Waals surface area contributed by atoms with Crippen molar-refractivity contribution in [3.63, 3.8) is 0 Å². The number of nitrogens with zero attached hydrogens (tertiary/aromatic N) is 1. The number of amides is 2. The van der Waals surface area contributed by atoms with Gasteiger partial charge in [0.2, 0.25) is 0 Å². The maximum Gasteiger partial charge on any atom is 0.262 e. The van der Waals surface area contributed by atoms with E-state index in [1.807, 2.05) is 19.9 Å². The quantitative estimate of drug-likeness (QED) is 0.598. The lowest BCUT2D eigenvalue weighted by atomic mass is 10.1.